The number of aromatic amines is 1. The molecule has 0 atom stereocenters. The van der Waals surface area contributed by atoms with Crippen molar-refractivity contribution in [3.05, 3.63) is 31.0 Å². The Morgan fingerprint density at radius 3 is 2.79 bits per heavy atom. The van der Waals surface area contributed by atoms with Crippen LogP contribution in [0.2, 0.25) is 0 Å². The highest BCUT2D eigenvalue weighted by Gasteiger charge is 2.12. The zero-order valence-electron chi connectivity index (χ0n) is 11.0. The standard InChI is InChI=1S/C13H16N6/c1-3-18(4-2)13-12-5-10(11-6-15-16-7-11)8-19(12)17-9-14-13/h5-9H,3-4H2,1-2H3,(H,15,16). The highest BCUT2D eigenvalue weighted by molar-refractivity contribution is 5.77. The van der Waals surface area contributed by atoms with E-state index in [0.717, 1.165) is 35.6 Å². The van der Waals surface area contributed by atoms with E-state index in [4.69, 9.17) is 0 Å². The van der Waals surface area contributed by atoms with Gasteiger partial charge in [0.25, 0.3) is 0 Å². The number of fused-ring (bicyclic) bond motifs is 1. The van der Waals surface area contributed by atoms with Crippen LogP contribution in [0.15, 0.2) is 31.0 Å². The van der Waals surface area contributed by atoms with E-state index in [2.05, 4.69) is 45.1 Å². The SMILES string of the molecule is CCN(CC)c1ncnn2cc(-c3cn[nH]c3)cc12. The highest BCUT2D eigenvalue weighted by atomic mass is 15.3. The van der Waals surface area contributed by atoms with Gasteiger partial charge in [0.15, 0.2) is 5.82 Å². The molecular weight excluding hydrogens is 240 g/mol. The summed E-state index contributed by atoms with van der Waals surface area (Å²) in [4.78, 5) is 6.63. The Morgan fingerprint density at radius 2 is 2.11 bits per heavy atom. The van der Waals surface area contributed by atoms with Gasteiger partial charge in [-0.15, -0.1) is 0 Å². The van der Waals surface area contributed by atoms with Crippen molar-refractivity contribution in [3.8, 4) is 11.1 Å². The molecule has 19 heavy (non-hydrogen) atoms. The molecule has 0 aliphatic carbocycles. The first-order valence-electron chi connectivity index (χ1n) is 6.41. The average molecular weight is 256 g/mol. The molecule has 3 aromatic heterocycles. The fourth-order valence-corrected chi connectivity index (χ4v) is 2.25. The van der Waals surface area contributed by atoms with Gasteiger partial charge in [0.05, 0.1) is 6.20 Å². The Hall–Kier alpha value is -2.37. The molecular formula is C13H16N6. The van der Waals surface area contributed by atoms with Crippen molar-refractivity contribution in [1.82, 2.24) is 24.8 Å². The van der Waals surface area contributed by atoms with Crippen LogP contribution in [0.1, 0.15) is 13.8 Å². The molecule has 0 unspecified atom stereocenters. The van der Waals surface area contributed by atoms with Gasteiger partial charge in [0.2, 0.25) is 0 Å². The number of H-pyrrole nitrogens is 1. The normalized spacial score (nSPS) is 11.1. The summed E-state index contributed by atoms with van der Waals surface area (Å²) in [5.74, 6) is 0.967. The van der Waals surface area contributed by atoms with E-state index in [1.54, 1.807) is 12.5 Å². The van der Waals surface area contributed by atoms with Gasteiger partial charge in [-0.25, -0.2) is 9.50 Å². The van der Waals surface area contributed by atoms with Crippen LogP contribution < -0.4 is 4.90 Å². The molecule has 0 saturated carbocycles. The van der Waals surface area contributed by atoms with Gasteiger partial charge in [0.1, 0.15) is 11.8 Å². The smallest absolute Gasteiger partial charge is 0.156 e. The molecule has 0 amide bonds. The van der Waals surface area contributed by atoms with Crippen LogP contribution in [0.5, 0.6) is 0 Å². The fourth-order valence-electron chi connectivity index (χ4n) is 2.25. The zero-order valence-corrected chi connectivity index (χ0v) is 11.0. The van der Waals surface area contributed by atoms with E-state index >= 15 is 0 Å². The summed E-state index contributed by atoms with van der Waals surface area (Å²) >= 11 is 0. The molecule has 0 bridgehead atoms. The minimum absolute atomic E-state index is 0.926. The third-order valence-electron chi connectivity index (χ3n) is 3.28. The number of hydrogen-bond donors (Lipinski definition) is 1. The van der Waals surface area contributed by atoms with Gasteiger partial charge in [-0.05, 0) is 19.9 Å². The fraction of sp³-hybridized carbons (Fsp3) is 0.308. The van der Waals surface area contributed by atoms with Crippen molar-refractivity contribution in [3.63, 3.8) is 0 Å². The summed E-state index contributed by atoms with van der Waals surface area (Å²) in [5.41, 5.74) is 3.15. The Balaban J connectivity index is 2.15. The number of nitrogens with zero attached hydrogens (tertiary/aromatic N) is 5. The second-order valence-electron chi connectivity index (χ2n) is 4.30. The Labute approximate surface area is 111 Å². The molecule has 0 aliphatic heterocycles. The molecule has 1 N–H and O–H groups in total. The molecule has 3 rings (SSSR count). The van der Waals surface area contributed by atoms with Crippen LogP contribution in [-0.4, -0.2) is 37.9 Å². The summed E-state index contributed by atoms with van der Waals surface area (Å²) in [5, 5.41) is 11.1. The van der Waals surface area contributed by atoms with Crippen LogP contribution >= 0.6 is 0 Å². The molecule has 0 spiro atoms. The van der Waals surface area contributed by atoms with Crippen molar-refractivity contribution in [2.75, 3.05) is 18.0 Å². The highest BCUT2D eigenvalue weighted by Crippen LogP contribution is 2.25. The van der Waals surface area contributed by atoms with Crippen LogP contribution in [0.3, 0.4) is 0 Å². The first-order chi connectivity index (χ1) is 9.33. The Bertz CT molecular complexity index is 666. The topological polar surface area (TPSA) is 62.1 Å². The minimum atomic E-state index is 0.926. The van der Waals surface area contributed by atoms with Crippen LogP contribution in [0, 0.1) is 0 Å². The number of nitrogens with one attached hydrogen (secondary N) is 1. The van der Waals surface area contributed by atoms with Gasteiger partial charge in [-0.3, -0.25) is 5.10 Å². The lowest BCUT2D eigenvalue weighted by Gasteiger charge is -2.19. The van der Waals surface area contributed by atoms with E-state index in [-0.39, 0.29) is 0 Å². The van der Waals surface area contributed by atoms with Crippen LogP contribution in [-0.2, 0) is 0 Å². The monoisotopic (exact) mass is 256 g/mol. The molecule has 98 valence electrons. The van der Waals surface area contributed by atoms with Crippen molar-refractivity contribution in [2.45, 2.75) is 13.8 Å². The average Bonchev–Trinajstić information content (AvgIpc) is 3.09. The van der Waals surface area contributed by atoms with Gasteiger partial charge in [0, 0.05) is 36.6 Å². The predicted octanol–water partition coefficient (Wildman–Crippen LogP) is 1.97. The first kappa shape index (κ1) is 11.7. The third kappa shape index (κ3) is 1.95. The van der Waals surface area contributed by atoms with Gasteiger partial charge in [-0.1, -0.05) is 0 Å². The molecule has 6 nitrogen and oxygen atoms in total. The maximum absolute atomic E-state index is 4.41. The molecule has 0 aromatic carbocycles. The van der Waals surface area contributed by atoms with Crippen LogP contribution in [0.4, 0.5) is 5.82 Å². The molecule has 0 aliphatic rings. The van der Waals surface area contributed by atoms with E-state index in [1.165, 1.54) is 0 Å². The zero-order chi connectivity index (χ0) is 13.2. The Kier molecular flexibility index (Phi) is 2.91. The van der Waals surface area contributed by atoms with E-state index in [9.17, 15) is 0 Å². The third-order valence-corrected chi connectivity index (χ3v) is 3.28. The number of anilines is 1. The second kappa shape index (κ2) is 4.72. The summed E-state index contributed by atoms with van der Waals surface area (Å²) in [7, 11) is 0. The largest absolute Gasteiger partial charge is 0.355 e. The number of rotatable bonds is 4. The number of aromatic nitrogens is 5. The van der Waals surface area contributed by atoms with Gasteiger partial charge in [-0.2, -0.15) is 10.2 Å². The van der Waals surface area contributed by atoms with Crippen molar-refractivity contribution < 1.29 is 0 Å². The Morgan fingerprint density at radius 1 is 1.26 bits per heavy atom. The number of hydrogen-bond acceptors (Lipinski definition) is 4. The van der Waals surface area contributed by atoms with Gasteiger partial charge >= 0.3 is 0 Å². The lowest BCUT2D eigenvalue weighted by molar-refractivity contribution is 0.820. The quantitative estimate of drug-likeness (QED) is 0.775. The van der Waals surface area contributed by atoms with Crippen molar-refractivity contribution in [1.29, 1.82) is 0 Å². The second-order valence-corrected chi connectivity index (χ2v) is 4.30. The molecule has 6 heteroatoms. The lowest BCUT2D eigenvalue weighted by atomic mass is 10.2. The predicted molar refractivity (Wildman–Crippen MR) is 74.1 cm³/mol. The molecule has 0 radical (unpaired) electrons. The van der Waals surface area contributed by atoms with Crippen molar-refractivity contribution >= 4 is 11.3 Å². The van der Waals surface area contributed by atoms with Crippen molar-refractivity contribution in [2.24, 2.45) is 0 Å². The summed E-state index contributed by atoms with van der Waals surface area (Å²) in [6.07, 6.45) is 7.27. The molecule has 0 saturated heterocycles. The maximum Gasteiger partial charge on any atom is 0.156 e. The molecule has 3 heterocycles. The lowest BCUT2D eigenvalue weighted by Crippen LogP contribution is -2.23. The van der Waals surface area contributed by atoms with E-state index < -0.39 is 0 Å². The first-order valence-corrected chi connectivity index (χ1v) is 6.41. The summed E-state index contributed by atoms with van der Waals surface area (Å²) in [6, 6.07) is 2.10. The molecule has 0 fully saturated rings. The van der Waals surface area contributed by atoms with Gasteiger partial charge < -0.3 is 4.90 Å². The van der Waals surface area contributed by atoms with E-state index in [0.29, 0.717) is 0 Å². The van der Waals surface area contributed by atoms with E-state index in [1.807, 2.05) is 16.9 Å². The summed E-state index contributed by atoms with van der Waals surface area (Å²) in [6.45, 7) is 6.11. The van der Waals surface area contributed by atoms with Crippen LogP contribution in [0.25, 0.3) is 16.6 Å². The molecule has 3 aromatic rings. The summed E-state index contributed by atoms with van der Waals surface area (Å²) < 4.78 is 1.86. The minimum Gasteiger partial charge on any atom is -0.355 e. The maximum atomic E-state index is 4.41.